The van der Waals surface area contributed by atoms with Crippen molar-refractivity contribution in [1.82, 2.24) is 4.57 Å². The van der Waals surface area contributed by atoms with Crippen molar-refractivity contribution in [3.8, 4) is 29.0 Å². The van der Waals surface area contributed by atoms with Crippen LogP contribution in [0.1, 0.15) is 22.6 Å². The number of aromatic nitrogens is 1. The number of allylic oxidation sites excluding steroid dienone is 2. The lowest BCUT2D eigenvalue weighted by Crippen LogP contribution is -2.28. The number of benzene rings is 5. The predicted octanol–water partition coefficient (Wildman–Crippen LogP) is 8.92. The van der Waals surface area contributed by atoms with Gasteiger partial charge in [0.15, 0.2) is 0 Å². The molecule has 42 heavy (non-hydrogen) atoms. The first-order valence-electron chi connectivity index (χ1n) is 14.1. The molecule has 2 atom stereocenters. The zero-order chi connectivity index (χ0) is 28.2. The molecule has 1 aliphatic heterocycles. The van der Waals surface area contributed by atoms with Crippen LogP contribution in [0, 0.1) is 22.7 Å². The van der Waals surface area contributed by atoms with Crippen molar-refractivity contribution in [2.75, 3.05) is 4.90 Å². The number of rotatable bonds is 3. The average Bonchev–Trinajstić information content (AvgIpc) is 3.57. The van der Waals surface area contributed by atoms with E-state index >= 15 is 0 Å². The van der Waals surface area contributed by atoms with E-state index in [4.69, 9.17) is 0 Å². The molecule has 196 valence electrons. The monoisotopic (exact) mass is 536 g/mol. The van der Waals surface area contributed by atoms with E-state index in [9.17, 15) is 10.5 Å². The maximum absolute atomic E-state index is 9.62. The molecule has 0 saturated carbocycles. The molecule has 4 heteroatoms. The predicted molar refractivity (Wildman–Crippen MR) is 169 cm³/mol. The Hall–Kier alpha value is -5.84. The average molecular weight is 537 g/mol. The molecule has 2 aliphatic rings. The first-order valence-corrected chi connectivity index (χ1v) is 14.1. The molecule has 1 aliphatic carbocycles. The molecule has 0 fully saturated rings. The van der Waals surface area contributed by atoms with Crippen LogP contribution in [0.3, 0.4) is 0 Å². The number of hydrogen-bond acceptors (Lipinski definition) is 3. The Bertz CT molecular complexity index is 2180. The second-order valence-electron chi connectivity index (χ2n) is 10.8. The third-order valence-corrected chi connectivity index (χ3v) is 8.58. The van der Waals surface area contributed by atoms with Gasteiger partial charge in [0.25, 0.3) is 0 Å². The summed E-state index contributed by atoms with van der Waals surface area (Å²) in [5, 5.41) is 21.2. The molecule has 2 unspecified atom stereocenters. The van der Waals surface area contributed by atoms with Crippen LogP contribution in [0.15, 0.2) is 133 Å². The Morgan fingerprint density at radius 1 is 0.595 bits per heavy atom. The fourth-order valence-corrected chi connectivity index (χ4v) is 6.79. The Morgan fingerprint density at radius 2 is 1.31 bits per heavy atom. The normalized spacial score (nSPS) is 16.8. The molecular weight excluding hydrogens is 512 g/mol. The van der Waals surface area contributed by atoms with Gasteiger partial charge in [-0.2, -0.15) is 10.5 Å². The maximum atomic E-state index is 9.62. The van der Waals surface area contributed by atoms with Crippen LogP contribution in [0.5, 0.6) is 0 Å². The van der Waals surface area contributed by atoms with Crippen molar-refractivity contribution in [1.29, 1.82) is 10.5 Å². The lowest BCUT2D eigenvalue weighted by atomic mass is 9.90. The highest BCUT2D eigenvalue weighted by molar-refractivity contribution is 6.10. The van der Waals surface area contributed by atoms with Crippen molar-refractivity contribution in [3.63, 3.8) is 0 Å². The van der Waals surface area contributed by atoms with Gasteiger partial charge in [-0.05, 0) is 60.2 Å². The Balaban J connectivity index is 1.40. The standard InChI is InChI=1S/C38H24N4/c39-23-25-16-19-27(20-17-25)41-34-13-4-1-8-28(34)31-11-7-12-32(38(31)41)29-9-2-5-14-35(29)42-36-15-6-3-10-30(36)33-22-26(24-40)18-21-37(33)42/h1-22,28,34H. The summed E-state index contributed by atoms with van der Waals surface area (Å²) in [6, 6.07) is 42.2. The smallest absolute Gasteiger partial charge is 0.0991 e. The van der Waals surface area contributed by atoms with E-state index in [2.05, 4.69) is 131 Å². The number of fused-ring (bicyclic) bond motifs is 6. The summed E-state index contributed by atoms with van der Waals surface area (Å²) >= 11 is 0. The Labute approximate surface area is 243 Å². The Morgan fingerprint density at radius 3 is 2.17 bits per heavy atom. The number of nitriles is 2. The molecular formula is C38H24N4. The van der Waals surface area contributed by atoms with Crippen molar-refractivity contribution in [2.24, 2.45) is 0 Å². The molecule has 8 rings (SSSR count). The SMILES string of the molecule is N#Cc1ccc(N2c3c(-c4ccccc4-n4c5ccccc5c5cc(C#N)ccc54)cccc3C3C=CC=CC32)cc1. The first kappa shape index (κ1) is 24.0. The lowest BCUT2D eigenvalue weighted by molar-refractivity contribution is 0.745. The number of anilines is 2. The molecule has 4 nitrogen and oxygen atoms in total. The minimum absolute atomic E-state index is 0.142. The van der Waals surface area contributed by atoms with E-state index in [1.54, 1.807) is 0 Å². The fraction of sp³-hybridized carbons (Fsp3) is 0.0526. The summed E-state index contributed by atoms with van der Waals surface area (Å²) in [5.74, 6) is 0.227. The zero-order valence-corrected chi connectivity index (χ0v) is 22.6. The number of hydrogen-bond donors (Lipinski definition) is 0. The van der Waals surface area contributed by atoms with Gasteiger partial charge >= 0.3 is 0 Å². The molecule has 2 heterocycles. The molecule has 0 radical (unpaired) electrons. The molecule has 0 amide bonds. The summed E-state index contributed by atoms with van der Waals surface area (Å²) in [6.45, 7) is 0. The van der Waals surface area contributed by atoms with Crippen molar-refractivity contribution < 1.29 is 0 Å². The second kappa shape index (κ2) is 9.37. The van der Waals surface area contributed by atoms with Crippen LogP contribution in [-0.2, 0) is 0 Å². The summed E-state index contributed by atoms with van der Waals surface area (Å²) in [4.78, 5) is 2.43. The van der Waals surface area contributed by atoms with Gasteiger partial charge in [-0.3, -0.25) is 0 Å². The largest absolute Gasteiger partial charge is 0.333 e. The van der Waals surface area contributed by atoms with Crippen LogP contribution in [0.2, 0.25) is 0 Å². The van der Waals surface area contributed by atoms with Crippen molar-refractivity contribution in [2.45, 2.75) is 12.0 Å². The van der Waals surface area contributed by atoms with Crippen LogP contribution >= 0.6 is 0 Å². The topological polar surface area (TPSA) is 55.8 Å². The fourth-order valence-electron chi connectivity index (χ4n) is 6.79. The highest BCUT2D eigenvalue weighted by atomic mass is 15.2. The zero-order valence-electron chi connectivity index (χ0n) is 22.6. The Kier molecular flexibility index (Phi) is 5.36. The third kappa shape index (κ3) is 3.46. The molecule has 6 aromatic rings. The van der Waals surface area contributed by atoms with E-state index in [0.29, 0.717) is 11.1 Å². The van der Waals surface area contributed by atoms with E-state index in [1.807, 2.05) is 24.3 Å². The summed E-state index contributed by atoms with van der Waals surface area (Å²) in [6.07, 6.45) is 8.84. The number of para-hydroxylation sites is 3. The van der Waals surface area contributed by atoms with Crippen LogP contribution in [0.4, 0.5) is 11.4 Å². The van der Waals surface area contributed by atoms with Crippen LogP contribution in [0.25, 0.3) is 38.6 Å². The van der Waals surface area contributed by atoms with Crippen molar-refractivity contribution >= 4 is 33.2 Å². The molecule has 5 aromatic carbocycles. The first-order chi connectivity index (χ1) is 20.8. The van der Waals surface area contributed by atoms with Gasteiger partial charge in [0.1, 0.15) is 0 Å². The van der Waals surface area contributed by atoms with Crippen molar-refractivity contribution in [3.05, 3.63) is 150 Å². The van der Waals surface area contributed by atoms with Gasteiger partial charge in [-0.1, -0.05) is 78.9 Å². The molecule has 0 spiro atoms. The van der Waals surface area contributed by atoms with Gasteiger partial charge in [0.2, 0.25) is 0 Å². The van der Waals surface area contributed by atoms with E-state index in [0.717, 1.165) is 44.3 Å². The minimum atomic E-state index is 0.142. The summed E-state index contributed by atoms with van der Waals surface area (Å²) in [7, 11) is 0. The van der Waals surface area contributed by atoms with Gasteiger partial charge in [0.05, 0.1) is 51.7 Å². The molecule has 0 bridgehead atoms. The van der Waals surface area contributed by atoms with Gasteiger partial charge in [-0.25, -0.2) is 0 Å². The number of nitrogens with zero attached hydrogens (tertiary/aromatic N) is 4. The highest BCUT2D eigenvalue weighted by Crippen LogP contribution is 2.52. The minimum Gasteiger partial charge on any atom is -0.333 e. The summed E-state index contributed by atoms with van der Waals surface area (Å²) in [5.41, 5.74) is 10.4. The summed E-state index contributed by atoms with van der Waals surface area (Å²) < 4.78 is 2.33. The van der Waals surface area contributed by atoms with Gasteiger partial charge in [0, 0.05) is 33.5 Å². The molecule has 0 N–H and O–H groups in total. The highest BCUT2D eigenvalue weighted by Gasteiger charge is 2.39. The third-order valence-electron chi connectivity index (χ3n) is 8.58. The van der Waals surface area contributed by atoms with Gasteiger partial charge < -0.3 is 9.47 Å². The van der Waals surface area contributed by atoms with Gasteiger partial charge in [-0.15, -0.1) is 0 Å². The lowest BCUT2D eigenvalue weighted by Gasteiger charge is -2.30. The van der Waals surface area contributed by atoms with E-state index < -0.39 is 0 Å². The maximum Gasteiger partial charge on any atom is 0.0991 e. The van der Waals surface area contributed by atoms with E-state index in [-0.39, 0.29) is 12.0 Å². The molecule has 0 saturated heterocycles. The van der Waals surface area contributed by atoms with E-state index in [1.165, 1.54) is 11.3 Å². The van der Waals surface area contributed by atoms with Crippen LogP contribution in [-0.4, -0.2) is 10.6 Å². The second-order valence-corrected chi connectivity index (χ2v) is 10.8. The molecule has 1 aromatic heterocycles. The van der Waals surface area contributed by atoms with Crippen LogP contribution < -0.4 is 4.90 Å². The quantitative estimate of drug-likeness (QED) is 0.227.